The van der Waals surface area contributed by atoms with Gasteiger partial charge in [-0.2, -0.15) is 0 Å². The molecule has 0 fully saturated rings. The molecular weight excluding hydrogens is 156 g/mol. The average molecular weight is 168 g/mol. The van der Waals surface area contributed by atoms with E-state index < -0.39 is 0 Å². The summed E-state index contributed by atoms with van der Waals surface area (Å²) in [6.45, 7) is 0. The Morgan fingerprint density at radius 1 is 1.17 bits per heavy atom. The van der Waals surface area contributed by atoms with E-state index in [0.29, 0.717) is 4.90 Å². The summed E-state index contributed by atoms with van der Waals surface area (Å²) in [6, 6.07) is 0. The Morgan fingerprint density at radius 2 is 1.92 bits per heavy atom. The van der Waals surface area contributed by atoms with Crippen LogP contribution in [0.1, 0.15) is 37.1 Å². The molecule has 4 nitrogen and oxygen atoms in total. The second kappa shape index (κ2) is 3.13. The lowest BCUT2D eigenvalue weighted by Gasteiger charge is -2.03. The first-order chi connectivity index (χ1) is 5.88. The fourth-order valence-electron chi connectivity index (χ4n) is 1.66. The Bertz CT molecular complexity index is 270. The molecular formula is C8H12N2O2. The van der Waals surface area contributed by atoms with Crippen LogP contribution in [0.25, 0.3) is 0 Å². The van der Waals surface area contributed by atoms with Crippen LogP contribution < -0.4 is 4.90 Å². The van der Waals surface area contributed by atoms with Gasteiger partial charge in [0.05, 0.1) is 0 Å². The maximum Gasteiger partial charge on any atom is 0.221 e. The molecule has 0 bridgehead atoms. The van der Waals surface area contributed by atoms with Crippen LogP contribution in [-0.4, -0.2) is 5.16 Å². The quantitative estimate of drug-likeness (QED) is 0.542. The molecule has 1 aromatic heterocycles. The van der Waals surface area contributed by atoms with Crippen LogP contribution in [0.15, 0.2) is 4.63 Å². The van der Waals surface area contributed by atoms with Crippen LogP contribution in [-0.2, 0) is 12.8 Å². The van der Waals surface area contributed by atoms with Gasteiger partial charge in [0.15, 0.2) is 5.69 Å². The molecule has 2 rings (SSSR count). The molecule has 0 aromatic carbocycles. The third-order valence-electron chi connectivity index (χ3n) is 2.36. The summed E-state index contributed by atoms with van der Waals surface area (Å²) in [5.74, 6) is 0. The van der Waals surface area contributed by atoms with E-state index in [2.05, 4.69) is 9.79 Å². The first-order valence-electron chi connectivity index (χ1n) is 4.45. The van der Waals surface area contributed by atoms with Crippen molar-refractivity contribution in [3.63, 3.8) is 0 Å². The summed E-state index contributed by atoms with van der Waals surface area (Å²) < 4.78 is 4.54. The Kier molecular flexibility index (Phi) is 1.98. The number of aromatic nitrogens is 2. The van der Waals surface area contributed by atoms with Crippen molar-refractivity contribution in [2.24, 2.45) is 0 Å². The summed E-state index contributed by atoms with van der Waals surface area (Å²) in [5, 5.41) is 14.7. The van der Waals surface area contributed by atoms with Gasteiger partial charge in [-0.15, -0.1) is 0 Å². The molecule has 0 radical (unpaired) electrons. The fraction of sp³-hybridized carbons (Fsp3) is 0.750. The minimum absolute atomic E-state index is 0.556. The van der Waals surface area contributed by atoms with Crippen molar-refractivity contribution in [2.45, 2.75) is 38.5 Å². The van der Waals surface area contributed by atoms with Gasteiger partial charge in [-0.3, -0.25) is 4.63 Å². The van der Waals surface area contributed by atoms with Crippen molar-refractivity contribution in [2.75, 3.05) is 0 Å². The van der Waals surface area contributed by atoms with E-state index in [1.54, 1.807) is 0 Å². The van der Waals surface area contributed by atoms with Gasteiger partial charge in [0.1, 0.15) is 0 Å². The predicted molar refractivity (Wildman–Crippen MR) is 41.3 cm³/mol. The molecule has 1 aliphatic carbocycles. The van der Waals surface area contributed by atoms with Gasteiger partial charge in [0.25, 0.3) is 0 Å². The molecule has 0 amide bonds. The Morgan fingerprint density at radius 3 is 2.75 bits per heavy atom. The maximum atomic E-state index is 11.0. The Hall–Kier alpha value is -1.06. The van der Waals surface area contributed by atoms with Gasteiger partial charge in [0.2, 0.25) is 5.69 Å². The smallest absolute Gasteiger partial charge is 0.221 e. The molecule has 0 saturated carbocycles. The van der Waals surface area contributed by atoms with Crippen molar-refractivity contribution >= 4 is 0 Å². The number of hydrogen-bond acceptors (Lipinski definition) is 3. The molecule has 1 heterocycles. The first-order valence-corrected chi connectivity index (χ1v) is 4.45. The highest BCUT2D eigenvalue weighted by Crippen LogP contribution is 2.15. The van der Waals surface area contributed by atoms with Gasteiger partial charge in [-0.25, -0.2) is 0 Å². The van der Waals surface area contributed by atoms with Crippen molar-refractivity contribution in [1.82, 2.24) is 5.16 Å². The van der Waals surface area contributed by atoms with E-state index in [1.165, 1.54) is 12.8 Å². The zero-order chi connectivity index (χ0) is 8.39. The lowest BCUT2D eigenvalue weighted by Crippen LogP contribution is -2.28. The van der Waals surface area contributed by atoms with Crippen LogP contribution in [0.3, 0.4) is 0 Å². The van der Waals surface area contributed by atoms with E-state index in [4.69, 9.17) is 0 Å². The van der Waals surface area contributed by atoms with Gasteiger partial charge in [0, 0.05) is 18.0 Å². The molecule has 0 N–H and O–H groups in total. The number of rotatable bonds is 0. The highest BCUT2D eigenvalue weighted by molar-refractivity contribution is 5.04. The van der Waals surface area contributed by atoms with Gasteiger partial charge >= 0.3 is 0 Å². The minimum Gasteiger partial charge on any atom is -0.359 e. The van der Waals surface area contributed by atoms with Crippen LogP contribution in [0, 0.1) is 5.21 Å². The number of fused-ring (bicyclic) bond motifs is 1. The van der Waals surface area contributed by atoms with Gasteiger partial charge in [-0.1, -0.05) is 12.8 Å². The van der Waals surface area contributed by atoms with Crippen LogP contribution in [0.2, 0.25) is 0 Å². The Labute approximate surface area is 70.7 Å². The summed E-state index contributed by atoms with van der Waals surface area (Å²) in [5.41, 5.74) is 1.61. The monoisotopic (exact) mass is 168 g/mol. The minimum atomic E-state index is 0.556. The van der Waals surface area contributed by atoms with Crippen molar-refractivity contribution < 1.29 is 9.53 Å². The maximum absolute atomic E-state index is 11.0. The molecule has 12 heavy (non-hydrogen) atoms. The number of nitrogens with zero attached hydrogens (tertiary/aromatic N) is 2. The summed E-state index contributed by atoms with van der Waals surface area (Å²) >= 11 is 0. The van der Waals surface area contributed by atoms with Crippen LogP contribution in [0.5, 0.6) is 0 Å². The Balaban J connectivity index is 2.26. The van der Waals surface area contributed by atoms with Crippen molar-refractivity contribution in [3.8, 4) is 0 Å². The molecule has 0 spiro atoms. The van der Waals surface area contributed by atoms with Gasteiger partial charge < -0.3 is 5.21 Å². The van der Waals surface area contributed by atoms with E-state index in [-0.39, 0.29) is 0 Å². The lowest BCUT2D eigenvalue weighted by molar-refractivity contribution is -0.808. The van der Waals surface area contributed by atoms with E-state index in [9.17, 15) is 5.21 Å². The molecule has 4 heteroatoms. The molecule has 1 aliphatic rings. The average Bonchev–Trinajstić information content (AvgIpc) is 2.31. The van der Waals surface area contributed by atoms with E-state index in [1.807, 2.05) is 0 Å². The normalized spacial score (nSPS) is 18.0. The lowest BCUT2D eigenvalue weighted by atomic mass is 10.0. The van der Waals surface area contributed by atoms with Crippen molar-refractivity contribution in [3.05, 3.63) is 16.6 Å². The van der Waals surface area contributed by atoms with Crippen LogP contribution in [0.4, 0.5) is 0 Å². The topological polar surface area (TPSA) is 53.0 Å². The molecule has 0 atom stereocenters. The SMILES string of the molecule is [O-][n+]1onc2c1CCCCCC2. The number of aryl methyl sites for hydroxylation is 1. The first kappa shape index (κ1) is 7.58. The fourth-order valence-corrected chi connectivity index (χ4v) is 1.66. The molecule has 0 saturated heterocycles. The second-order valence-electron chi connectivity index (χ2n) is 3.24. The van der Waals surface area contributed by atoms with Crippen LogP contribution >= 0.6 is 0 Å². The zero-order valence-electron chi connectivity index (χ0n) is 6.95. The van der Waals surface area contributed by atoms with E-state index in [0.717, 1.165) is 37.1 Å². The highest BCUT2D eigenvalue weighted by Gasteiger charge is 2.19. The summed E-state index contributed by atoms with van der Waals surface area (Å²) in [6.07, 6.45) is 6.38. The molecule has 0 aliphatic heterocycles. The largest absolute Gasteiger partial charge is 0.359 e. The third kappa shape index (κ3) is 1.29. The van der Waals surface area contributed by atoms with Gasteiger partial charge in [-0.05, 0) is 17.7 Å². The standard InChI is InChI=1S/C8H12N2O2/c11-10-8-6-4-2-1-3-5-7(8)9-12-10/h1-6H2. The molecule has 66 valence electrons. The predicted octanol–water partition coefficient (Wildman–Crippen LogP) is 0.967. The zero-order valence-corrected chi connectivity index (χ0v) is 6.95. The summed E-state index contributed by atoms with van der Waals surface area (Å²) in [4.78, 5) is 0.556. The molecule has 0 unspecified atom stereocenters. The van der Waals surface area contributed by atoms with Crippen molar-refractivity contribution in [1.29, 1.82) is 0 Å². The third-order valence-corrected chi connectivity index (χ3v) is 2.36. The molecule has 1 aromatic rings. The number of hydrogen-bond donors (Lipinski definition) is 0. The summed E-state index contributed by atoms with van der Waals surface area (Å²) in [7, 11) is 0. The second-order valence-corrected chi connectivity index (χ2v) is 3.24. The highest BCUT2D eigenvalue weighted by atomic mass is 16.8. The van der Waals surface area contributed by atoms with E-state index >= 15 is 0 Å².